The second kappa shape index (κ2) is 5.49. The van der Waals surface area contributed by atoms with E-state index in [0.29, 0.717) is 0 Å². The van der Waals surface area contributed by atoms with Crippen LogP contribution in [0, 0.1) is 0 Å². The molecule has 1 aliphatic rings. The summed E-state index contributed by atoms with van der Waals surface area (Å²) in [6.07, 6.45) is 5.02. The molecule has 1 unspecified atom stereocenters. The highest BCUT2D eigenvalue weighted by Crippen LogP contribution is 2.30. The van der Waals surface area contributed by atoms with E-state index < -0.39 is 0 Å². The maximum Gasteiger partial charge on any atom is 0.00203 e. The van der Waals surface area contributed by atoms with Gasteiger partial charge in [0.15, 0.2) is 0 Å². The summed E-state index contributed by atoms with van der Waals surface area (Å²) in [5.41, 5.74) is 4.78. The summed E-state index contributed by atoms with van der Waals surface area (Å²) in [5.74, 6) is 0.750. The minimum absolute atomic E-state index is 0.750. The molecule has 2 rings (SSSR count). The highest BCUT2D eigenvalue weighted by Gasteiger charge is 2.19. The Hall–Kier alpha value is -0.820. The van der Waals surface area contributed by atoms with Gasteiger partial charge in [0.05, 0.1) is 0 Å². The molecule has 0 aliphatic carbocycles. The molecule has 1 atom stereocenters. The molecule has 0 radical (unpaired) electrons. The minimum atomic E-state index is 0.750. The van der Waals surface area contributed by atoms with Crippen LogP contribution < -0.4 is 5.32 Å². The predicted molar refractivity (Wildman–Crippen MR) is 70.0 cm³/mol. The summed E-state index contributed by atoms with van der Waals surface area (Å²) in [5, 5.41) is 3.54. The Morgan fingerprint density at radius 2 is 1.88 bits per heavy atom. The highest BCUT2D eigenvalue weighted by molar-refractivity contribution is 5.38. The van der Waals surface area contributed by atoms with E-state index in [1.54, 1.807) is 16.7 Å². The lowest BCUT2D eigenvalue weighted by atomic mass is 9.83. The number of hydrogen-bond donors (Lipinski definition) is 1. The van der Waals surface area contributed by atoms with Crippen molar-refractivity contribution in [2.45, 2.75) is 45.4 Å². The summed E-state index contributed by atoms with van der Waals surface area (Å²) in [6.45, 7) is 6.92. The van der Waals surface area contributed by atoms with Crippen molar-refractivity contribution in [1.82, 2.24) is 5.32 Å². The molecule has 1 nitrogen and oxygen atoms in total. The van der Waals surface area contributed by atoms with E-state index in [2.05, 4.69) is 37.4 Å². The lowest BCUT2D eigenvalue weighted by Crippen LogP contribution is -2.29. The van der Waals surface area contributed by atoms with E-state index >= 15 is 0 Å². The zero-order chi connectivity index (χ0) is 11.4. The first-order valence-corrected chi connectivity index (χ1v) is 6.68. The van der Waals surface area contributed by atoms with Crippen molar-refractivity contribution < 1.29 is 0 Å². The fourth-order valence-electron chi connectivity index (χ4n) is 2.91. The highest BCUT2D eigenvalue weighted by atomic mass is 14.9. The van der Waals surface area contributed by atoms with Gasteiger partial charge in [-0.05, 0) is 54.8 Å². The predicted octanol–water partition coefficient (Wildman–Crippen LogP) is 3.28. The first kappa shape index (κ1) is 11.7. The summed E-state index contributed by atoms with van der Waals surface area (Å²) >= 11 is 0. The molecule has 1 heterocycles. The SMILES string of the molecule is CCc1cccc(CC)c1C1CCCNC1. The Balaban J connectivity index is 2.34. The van der Waals surface area contributed by atoms with E-state index in [1.807, 2.05) is 0 Å². The van der Waals surface area contributed by atoms with Crippen LogP contribution in [0.15, 0.2) is 18.2 Å². The Morgan fingerprint density at radius 3 is 2.38 bits per heavy atom. The van der Waals surface area contributed by atoms with Gasteiger partial charge in [0.2, 0.25) is 0 Å². The quantitative estimate of drug-likeness (QED) is 0.819. The van der Waals surface area contributed by atoms with Gasteiger partial charge in [-0.1, -0.05) is 32.0 Å². The Kier molecular flexibility index (Phi) is 4.00. The standard InChI is InChI=1S/C15H23N/c1-3-12-7-5-8-13(4-2)15(12)14-9-6-10-16-11-14/h5,7-8,14,16H,3-4,6,9-11H2,1-2H3. The number of hydrogen-bond acceptors (Lipinski definition) is 1. The molecule has 0 aromatic heterocycles. The van der Waals surface area contributed by atoms with Gasteiger partial charge < -0.3 is 5.32 Å². The zero-order valence-electron chi connectivity index (χ0n) is 10.6. The molecular formula is C15H23N. The van der Waals surface area contributed by atoms with Crippen molar-refractivity contribution in [3.05, 3.63) is 34.9 Å². The molecule has 1 aliphatic heterocycles. The van der Waals surface area contributed by atoms with Crippen molar-refractivity contribution in [3.63, 3.8) is 0 Å². The van der Waals surface area contributed by atoms with E-state index in [-0.39, 0.29) is 0 Å². The molecule has 88 valence electrons. The van der Waals surface area contributed by atoms with Crippen LogP contribution in [0.3, 0.4) is 0 Å². The van der Waals surface area contributed by atoms with E-state index in [4.69, 9.17) is 0 Å². The number of piperidine rings is 1. The Morgan fingerprint density at radius 1 is 1.19 bits per heavy atom. The van der Waals surface area contributed by atoms with Gasteiger partial charge >= 0.3 is 0 Å². The molecule has 1 heteroatoms. The average molecular weight is 217 g/mol. The van der Waals surface area contributed by atoms with Crippen LogP contribution >= 0.6 is 0 Å². The minimum Gasteiger partial charge on any atom is -0.316 e. The summed E-state index contributed by atoms with van der Waals surface area (Å²) in [6, 6.07) is 6.84. The van der Waals surface area contributed by atoms with Gasteiger partial charge in [-0.15, -0.1) is 0 Å². The van der Waals surface area contributed by atoms with Crippen LogP contribution in [-0.2, 0) is 12.8 Å². The summed E-state index contributed by atoms with van der Waals surface area (Å²) < 4.78 is 0. The molecular weight excluding hydrogens is 194 g/mol. The van der Waals surface area contributed by atoms with Gasteiger partial charge in [0, 0.05) is 6.54 Å². The average Bonchev–Trinajstić information content (AvgIpc) is 2.38. The van der Waals surface area contributed by atoms with Gasteiger partial charge in [0.1, 0.15) is 0 Å². The second-order valence-electron chi connectivity index (χ2n) is 4.74. The van der Waals surface area contributed by atoms with Crippen molar-refractivity contribution in [2.75, 3.05) is 13.1 Å². The topological polar surface area (TPSA) is 12.0 Å². The van der Waals surface area contributed by atoms with Crippen LogP contribution in [-0.4, -0.2) is 13.1 Å². The van der Waals surface area contributed by atoms with Gasteiger partial charge in [0.25, 0.3) is 0 Å². The Labute approximate surface area is 99.3 Å². The largest absolute Gasteiger partial charge is 0.316 e. The molecule has 1 N–H and O–H groups in total. The second-order valence-corrected chi connectivity index (χ2v) is 4.74. The lowest BCUT2D eigenvalue weighted by molar-refractivity contribution is 0.457. The monoisotopic (exact) mass is 217 g/mol. The Bertz CT molecular complexity index is 315. The molecule has 0 amide bonds. The van der Waals surface area contributed by atoms with Gasteiger partial charge in [-0.2, -0.15) is 0 Å². The van der Waals surface area contributed by atoms with Crippen molar-refractivity contribution in [1.29, 1.82) is 0 Å². The molecule has 1 aromatic carbocycles. The van der Waals surface area contributed by atoms with Gasteiger partial charge in [-0.3, -0.25) is 0 Å². The maximum atomic E-state index is 3.54. The fraction of sp³-hybridized carbons (Fsp3) is 0.600. The third-order valence-electron chi connectivity index (χ3n) is 3.75. The van der Waals surface area contributed by atoms with Crippen molar-refractivity contribution in [2.24, 2.45) is 0 Å². The number of nitrogens with one attached hydrogen (secondary N) is 1. The molecule has 16 heavy (non-hydrogen) atoms. The molecule has 0 bridgehead atoms. The normalized spacial score (nSPS) is 21.0. The molecule has 1 saturated heterocycles. The van der Waals surface area contributed by atoms with Crippen LogP contribution in [0.2, 0.25) is 0 Å². The lowest BCUT2D eigenvalue weighted by Gasteiger charge is -2.27. The summed E-state index contributed by atoms with van der Waals surface area (Å²) in [7, 11) is 0. The molecule has 0 saturated carbocycles. The third kappa shape index (κ3) is 2.30. The van der Waals surface area contributed by atoms with Crippen LogP contribution in [0.25, 0.3) is 0 Å². The van der Waals surface area contributed by atoms with Crippen molar-refractivity contribution in [3.8, 4) is 0 Å². The van der Waals surface area contributed by atoms with Crippen LogP contribution in [0.5, 0.6) is 0 Å². The maximum absolute atomic E-state index is 3.54. The first-order valence-electron chi connectivity index (χ1n) is 6.68. The van der Waals surface area contributed by atoms with E-state index in [9.17, 15) is 0 Å². The van der Waals surface area contributed by atoms with E-state index in [1.165, 1.54) is 38.8 Å². The molecule has 0 spiro atoms. The smallest absolute Gasteiger partial charge is 0.00203 e. The number of rotatable bonds is 3. The van der Waals surface area contributed by atoms with Crippen LogP contribution in [0.1, 0.15) is 49.3 Å². The third-order valence-corrected chi connectivity index (χ3v) is 3.75. The zero-order valence-corrected chi connectivity index (χ0v) is 10.6. The van der Waals surface area contributed by atoms with E-state index in [0.717, 1.165) is 5.92 Å². The van der Waals surface area contributed by atoms with Crippen molar-refractivity contribution >= 4 is 0 Å². The summed E-state index contributed by atoms with van der Waals surface area (Å²) in [4.78, 5) is 0. The number of aryl methyl sites for hydroxylation is 2. The fourth-order valence-corrected chi connectivity index (χ4v) is 2.91. The van der Waals surface area contributed by atoms with Crippen LogP contribution in [0.4, 0.5) is 0 Å². The molecule has 1 aromatic rings. The molecule has 1 fully saturated rings. The van der Waals surface area contributed by atoms with Gasteiger partial charge in [-0.25, -0.2) is 0 Å². The first-order chi connectivity index (χ1) is 7.86. The number of benzene rings is 1.